The standard InChI is InChI=1S/C9H13F3N2O3/c1-8(2,17)4-14-6(9(10,11)12)5(3-13)7(15)16/h3,17H,4,13H2,1-2H3,(H,15,16). The van der Waals surface area contributed by atoms with Crippen molar-refractivity contribution in [2.24, 2.45) is 10.7 Å². The molecule has 0 saturated heterocycles. The van der Waals surface area contributed by atoms with Crippen molar-refractivity contribution in [2.75, 3.05) is 6.54 Å². The van der Waals surface area contributed by atoms with Crippen molar-refractivity contribution in [3.63, 3.8) is 0 Å². The highest BCUT2D eigenvalue weighted by molar-refractivity contribution is 6.21. The fourth-order valence-electron chi connectivity index (χ4n) is 0.852. The Morgan fingerprint density at radius 3 is 2.12 bits per heavy atom. The van der Waals surface area contributed by atoms with Gasteiger partial charge in [-0.25, -0.2) is 4.79 Å². The Morgan fingerprint density at radius 1 is 1.41 bits per heavy atom. The molecule has 0 aromatic heterocycles. The van der Waals surface area contributed by atoms with E-state index in [1.807, 2.05) is 0 Å². The van der Waals surface area contributed by atoms with E-state index in [1.165, 1.54) is 13.8 Å². The van der Waals surface area contributed by atoms with Crippen LogP contribution in [-0.2, 0) is 4.79 Å². The van der Waals surface area contributed by atoms with Gasteiger partial charge in [0.2, 0.25) is 0 Å². The van der Waals surface area contributed by atoms with Gasteiger partial charge in [0, 0.05) is 6.20 Å². The summed E-state index contributed by atoms with van der Waals surface area (Å²) in [5.74, 6) is -1.83. The maximum Gasteiger partial charge on any atom is 0.433 e. The van der Waals surface area contributed by atoms with Crippen LogP contribution in [0.3, 0.4) is 0 Å². The number of nitrogens with zero attached hydrogens (tertiary/aromatic N) is 1. The lowest BCUT2D eigenvalue weighted by atomic mass is 10.1. The molecule has 98 valence electrons. The van der Waals surface area contributed by atoms with Gasteiger partial charge in [-0.2, -0.15) is 13.2 Å². The Balaban J connectivity index is 5.38. The summed E-state index contributed by atoms with van der Waals surface area (Å²) in [6.45, 7) is 1.90. The fourth-order valence-corrected chi connectivity index (χ4v) is 0.852. The van der Waals surface area contributed by atoms with Crippen molar-refractivity contribution in [1.29, 1.82) is 0 Å². The van der Waals surface area contributed by atoms with Crippen molar-refractivity contribution in [2.45, 2.75) is 25.6 Å². The Labute approximate surface area is 95.5 Å². The molecule has 0 aromatic rings. The van der Waals surface area contributed by atoms with Crippen LogP contribution in [0.15, 0.2) is 16.8 Å². The number of carboxylic acids is 1. The van der Waals surface area contributed by atoms with Gasteiger partial charge >= 0.3 is 12.1 Å². The Kier molecular flexibility index (Phi) is 4.70. The van der Waals surface area contributed by atoms with E-state index in [4.69, 9.17) is 10.8 Å². The number of aliphatic carboxylic acids is 1. The zero-order valence-corrected chi connectivity index (χ0v) is 9.25. The molecule has 0 heterocycles. The molecule has 17 heavy (non-hydrogen) atoms. The number of halogens is 3. The van der Waals surface area contributed by atoms with Gasteiger partial charge in [-0.05, 0) is 13.8 Å². The van der Waals surface area contributed by atoms with E-state index in [1.54, 1.807) is 0 Å². The molecule has 0 aromatic carbocycles. The first-order valence-corrected chi connectivity index (χ1v) is 4.48. The summed E-state index contributed by atoms with van der Waals surface area (Å²) < 4.78 is 37.6. The minimum absolute atomic E-state index is 0.318. The molecule has 0 amide bonds. The van der Waals surface area contributed by atoms with Crippen LogP contribution >= 0.6 is 0 Å². The summed E-state index contributed by atoms with van der Waals surface area (Å²) in [6, 6.07) is 0. The summed E-state index contributed by atoms with van der Waals surface area (Å²) >= 11 is 0. The fraction of sp³-hybridized carbons (Fsp3) is 0.556. The van der Waals surface area contributed by atoms with Gasteiger partial charge in [-0.1, -0.05) is 0 Å². The Morgan fingerprint density at radius 2 is 1.88 bits per heavy atom. The predicted octanol–water partition coefficient (Wildman–Crippen LogP) is 0.688. The lowest BCUT2D eigenvalue weighted by Gasteiger charge is -2.16. The van der Waals surface area contributed by atoms with Crippen LogP contribution in [0.25, 0.3) is 0 Å². The highest BCUT2D eigenvalue weighted by atomic mass is 19.4. The first kappa shape index (κ1) is 15.4. The minimum atomic E-state index is -4.95. The summed E-state index contributed by atoms with van der Waals surface area (Å²) in [6.07, 6.45) is -4.63. The Bertz CT molecular complexity index is 353. The normalized spacial score (nSPS) is 14.9. The molecule has 8 heteroatoms. The first-order chi connectivity index (χ1) is 7.49. The number of hydrogen-bond donors (Lipinski definition) is 3. The molecule has 0 unspecified atom stereocenters. The lowest BCUT2D eigenvalue weighted by molar-refractivity contribution is -0.132. The van der Waals surface area contributed by atoms with Gasteiger partial charge in [0.25, 0.3) is 0 Å². The van der Waals surface area contributed by atoms with Crippen LogP contribution in [-0.4, -0.2) is 40.2 Å². The maximum atomic E-state index is 12.5. The second-order valence-corrected chi connectivity index (χ2v) is 3.86. The van der Waals surface area contributed by atoms with E-state index in [0.29, 0.717) is 6.20 Å². The molecule has 0 aliphatic heterocycles. The molecule has 4 N–H and O–H groups in total. The summed E-state index contributed by atoms with van der Waals surface area (Å²) in [5, 5.41) is 17.8. The van der Waals surface area contributed by atoms with Crippen LogP contribution in [0.4, 0.5) is 13.2 Å². The monoisotopic (exact) mass is 254 g/mol. The van der Waals surface area contributed by atoms with E-state index in [0.717, 1.165) is 0 Å². The number of carboxylic acid groups (broad SMARTS) is 1. The van der Waals surface area contributed by atoms with Crippen LogP contribution in [0, 0.1) is 0 Å². The zero-order valence-electron chi connectivity index (χ0n) is 9.25. The molecular formula is C9H13F3N2O3. The van der Waals surface area contributed by atoms with Crippen molar-refractivity contribution in [3.8, 4) is 0 Å². The average Bonchev–Trinajstić information content (AvgIpc) is 2.07. The summed E-state index contributed by atoms with van der Waals surface area (Å²) in [5.41, 5.74) is 0.580. The number of rotatable bonds is 4. The van der Waals surface area contributed by atoms with Gasteiger partial charge in [0.1, 0.15) is 5.57 Å². The van der Waals surface area contributed by atoms with Gasteiger partial charge in [0.15, 0.2) is 5.71 Å². The van der Waals surface area contributed by atoms with E-state index >= 15 is 0 Å². The number of aliphatic imine (C=N–C) groups is 1. The molecule has 0 atom stereocenters. The first-order valence-electron chi connectivity index (χ1n) is 4.48. The number of alkyl halides is 3. The second kappa shape index (κ2) is 5.17. The molecule has 0 fully saturated rings. The van der Waals surface area contributed by atoms with E-state index in [2.05, 4.69) is 4.99 Å². The smallest absolute Gasteiger partial charge is 0.433 e. The summed E-state index contributed by atoms with van der Waals surface area (Å²) in [7, 11) is 0. The van der Waals surface area contributed by atoms with Gasteiger partial charge in [-0.3, -0.25) is 4.99 Å². The molecule has 0 aliphatic rings. The largest absolute Gasteiger partial charge is 0.478 e. The third-order valence-corrected chi connectivity index (χ3v) is 1.54. The molecule has 5 nitrogen and oxygen atoms in total. The number of aliphatic hydroxyl groups is 1. The van der Waals surface area contributed by atoms with E-state index in [9.17, 15) is 23.1 Å². The van der Waals surface area contributed by atoms with Gasteiger partial charge in [0.05, 0.1) is 12.1 Å². The number of carbonyl (C=O) groups is 1. The lowest BCUT2D eigenvalue weighted by Crippen LogP contribution is -2.32. The van der Waals surface area contributed by atoms with Crippen molar-refractivity contribution in [3.05, 3.63) is 11.8 Å². The highest BCUT2D eigenvalue weighted by Crippen LogP contribution is 2.23. The number of hydrogen-bond acceptors (Lipinski definition) is 4. The topological polar surface area (TPSA) is 95.9 Å². The van der Waals surface area contributed by atoms with Crippen molar-refractivity contribution < 1.29 is 28.2 Å². The van der Waals surface area contributed by atoms with Crippen LogP contribution in [0.5, 0.6) is 0 Å². The molecule has 0 aliphatic carbocycles. The third-order valence-electron chi connectivity index (χ3n) is 1.54. The quantitative estimate of drug-likeness (QED) is 0.508. The SMILES string of the molecule is CC(C)(O)CN=C(C(=CN)C(=O)O)C(F)(F)F. The molecular weight excluding hydrogens is 241 g/mol. The van der Waals surface area contributed by atoms with Crippen LogP contribution in [0.2, 0.25) is 0 Å². The third kappa shape index (κ3) is 5.34. The molecule has 0 bridgehead atoms. The second-order valence-electron chi connectivity index (χ2n) is 3.86. The van der Waals surface area contributed by atoms with Gasteiger partial charge in [-0.15, -0.1) is 0 Å². The molecule has 0 radical (unpaired) electrons. The molecule has 0 rings (SSSR count). The average molecular weight is 254 g/mol. The highest BCUT2D eigenvalue weighted by Gasteiger charge is 2.40. The van der Waals surface area contributed by atoms with Crippen LogP contribution < -0.4 is 5.73 Å². The Hall–Kier alpha value is -1.57. The van der Waals surface area contributed by atoms with Crippen LogP contribution in [0.1, 0.15) is 13.8 Å². The van der Waals surface area contributed by atoms with Crippen molar-refractivity contribution in [1.82, 2.24) is 0 Å². The number of nitrogens with two attached hydrogens (primary N) is 1. The van der Waals surface area contributed by atoms with E-state index in [-0.39, 0.29) is 0 Å². The molecule has 0 saturated carbocycles. The predicted molar refractivity (Wildman–Crippen MR) is 54.6 cm³/mol. The summed E-state index contributed by atoms with van der Waals surface area (Å²) in [4.78, 5) is 13.6. The minimum Gasteiger partial charge on any atom is -0.478 e. The van der Waals surface area contributed by atoms with Crippen molar-refractivity contribution >= 4 is 11.7 Å². The maximum absolute atomic E-state index is 12.5. The molecule has 0 spiro atoms. The zero-order chi connectivity index (χ0) is 13.9. The van der Waals surface area contributed by atoms with E-state index < -0.39 is 35.6 Å². The van der Waals surface area contributed by atoms with Gasteiger partial charge < -0.3 is 15.9 Å².